The summed E-state index contributed by atoms with van der Waals surface area (Å²) in [4.78, 5) is 0. The molecule has 1 nitrogen and oxygen atoms in total. The lowest BCUT2D eigenvalue weighted by molar-refractivity contribution is 0.145. The second kappa shape index (κ2) is 2.01. The predicted octanol–water partition coefficient (Wildman–Crippen LogP) is 2.30. The Hall–Kier alpha value is -0.0400. The van der Waals surface area contributed by atoms with Crippen molar-refractivity contribution in [3.63, 3.8) is 0 Å². The van der Waals surface area contributed by atoms with Crippen molar-refractivity contribution < 1.29 is 0 Å². The molecule has 11 heavy (non-hydrogen) atoms. The van der Waals surface area contributed by atoms with E-state index < -0.39 is 0 Å². The van der Waals surface area contributed by atoms with Crippen LogP contribution in [-0.4, -0.2) is 6.04 Å². The molecule has 2 fully saturated rings. The van der Waals surface area contributed by atoms with Crippen molar-refractivity contribution in [2.24, 2.45) is 16.6 Å². The lowest BCUT2D eigenvalue weighted by Crippen LogP contribution is -2.37. The van der Waals surface area contributed by atoms with E-state index in [2.05, 4.69) is 13.8 Å². The Labute approximate surface area is 69.4 Å². The van der Waals surface area contributed by atoms with Crippen molar-refractivity contribution in [2.45, 2.75) is 52.0 Å². The van der Waals surface area contributed by atoms with Gasteiger partial charge in [0.2, 0.25) is 0 Å². The van der Waals surface area contributed by atoms with Crippen LogP contribution in [0, 0.1) is 10.8 Å². The van der Waals surface area contributed by atoms with E-state index in [9.17, 15) is 0 Å². The zero-order chi connectivity index (χ0) is 8.11. The summed E-state index contributed by atoms with van der Waals surface area (Å²) in [5, 5.41) is 0. The molecule has 1 heteroatoms. The van der Waals surface area contributed by atoms with Gasteiger partial charge >= 0.3 is 0 Å². The van der Waals surface area contributed by atoms with Crippen LogP contribution in [-0.2, 0) is 0 Å². The quantitative estimate of drug-likeness (QED) is 0.568. The smallest absolute Gasteiger partial charge is 0.00492 e. The molecule has 2 saturated carbocycles. The van der Waals surface area contributed by atoms with Crippen LogP contribution in [0.1, 0.15) is 46.0 Å². The molecule has 0 aliphatic heterocycles. The van der Waals surface area contributed by atoms with Gasteiger partial charge in [0.15, 0.2) is 0 Å². The first kappa shape index (κ1) is 7.60. The zero-order valence-corrected chi connectivity index (χ0v) is 7.69. The molecule has 0 aromatic carbocycles. The highest BCUT2D eigenvalue weighted by molar-refractivity contribution is 5.03. The Bertz CT molecular complexity index is 162. The lowest BCUT2D eigenvalue weighted by atomic mass is 9.68. The van der Waals surface area contributed by atoms with Crippen LogP contribution in [0.3, 0.4) is 0 Å². The highest BCUT2D eigenvalue weighted by Crippen LogP contribution is 2.60. The van der Waals surface area contributed by atoms with E-state index in [4.69, 9.17) is 5.73 Å². The molecule has 0 radical (unpaired) electrons. The molecule has 1 unspecified atom stereocenters. The van der Waals surface area contributed by atoms with Gasteiger partial charge in [-0.25, -0.2) is 0 Å². The monoisotopic (exact) mass is 153 g/mol. The summed E-state index contributed by atoms with van der Waals surface area (Å²) in [6.45, 7) is 4.73. The molecule has 0 saturated heterocycles. The van der Waals surface area contributed by atoms with Gasteiger partial charge in [0.25, 0.3) is 0 Å². The average Bonchev–Trinajstić information content (AvgIpc) is 2.41. The molecule has 1 spiro atoms. The Balaban J connectivity index is 2.09. The van der Waals surface area contributed by atoms with Crippen LogP contribution in [0.4, 0.5) is 0 Å². The van der Waals surface area contributed by atoms with Gasteiger partial charge in [-0.2, -0.15) is 0 Å². The third-order valence-electron chi connectivity index (χ3n) is 3.32. The molecule has 0 bridgehead atoms. The molecule has 2 aliphatic rings. The minimum Gasteiger partial charge on any atom is -0.328 e. The van der Waals surface area contributed by atoms with Crippen molar-refractivity contribution in [3.8, 4) is 0 Å². The second-order valence-corrected chi connectivity index (χ2v) is 5.51. The number of hydrogen-bond acceptors (Lipinski definition) is 1. The van der Waals surface area contributed by atoms with Crippen LogP contribution in [0.5, 0.6) is 0 Å². The zero-order valence-electron chi connectivity index (χ0n) is 7.69. The van der Waals surface area contributed by atoms with Crippen molar-refractivity contribution in [1.82, 2.24) is 0 Å². The summed E-state index contributed by atoms with van der Waals surface area (Å²) in [7, 11) is 0. The molecule has 0 aromatic rings. The molecule has 0 amide bonds. The molecule has 2 rings (SSSR count). The SMILES string of the molecule is CC1(C)CC(N)CC2(CC2)C1. The van der Waals surface area contributed by atoms with Crippen LogP contribution < -0.4 is 5.73 Å². The largest absolute Gasteiger partial charge is 0.328 e. The molecule has 2 N–H and O–H groups in total. The Morgan fingerprint density at radius 2 is 1.82 bits per heavy atom. The van der Waals surface area contributed by atoms with E-state index in [1.165, 1.54) is 32.1 Å². The first-order valence-corrected chi connectivity index (χ1v) is 4.77. The van der Waals surface area contributed by atoms with E-state index >= 15 is 0 Å². The van der Waals surface area contributed by atoms with Gasteiger partial charge in [0, 0.05) is 6.04 Å². The highest BCUT2D eigenvalue weighted by Gasteiger charge is 2.50. The van der Waals surface area contributed by atoms with Gasteiger partial charge in [-0.1, -0.05) is 13.8 Å². The molecular weight excluding hydrogens is 134 g/mol. The number of hydrogen-bond donors (Lipinski definition) is 1. The molecular formula is C10H19N. The van der Waals surface area contributed by atoms with Gasteiger partial charge in [0.1, 0.15) is 0 Å². The minimum absolute atomic E-state index is 0.487. The van der Waals surface area contributed by atoms with E-state index in [0.717, 1.165) is 0 Å². The maximum absolute atomic E-state index is 6.03. The van der Waals surface area contributed by atoms with Gasteiger partial charge in [-0.15, -0.1) is 0 Å². The summed E-state index contributed by atoms with van der Waals surface area (Å²) >= 11 is 0. The molecule has 1 atom stereocenters. The Kier molecular flexibility index (Phi) is 1.39. The average molecular weight is 153 g/mol. The maximum Gasteiger partial charge on any atom is 0.00492 e. The van der Waals surface area contributed by atoms with Gasteiger partial charge in [-0.05, 0) is 42.9 Å². The van der Waals surface area contributed by atoms with Crippen LogP contribution >= 0.6 is 0 Å². The summed E-state index contributed by atoms with van der Waals surface area (Å²) in [6.07, 6.45) is 6.85. The fraction of sp³-hybridized carbons (Fsp3) is 1.00. The normalized spacial score (nSPS) is 39.0. The van der Waals surface area contributed by atoms with Gasteiger partial charge in [-0.3, -0.25) is 0 Å². The van der Waals surface area contributed by atoms with E-state index in [1.54, 1.807) is 0 Å². The van der Waals surface area contributed by atoms with Crippen molar-refractivity contribution in [1.29, 1.82) is 0 Å². The Morgan fingerprint density at radius 3 is 2.27 bits per heavy atom. The van der Waals surface area contributed by atoms with Gasteiger partial charge in [0.05, 0.1) is 0 Å². The first-order valence-electron chi connectivity index (χ1n) is 4.77. The Morgan fingerprint density at radius 1 is 1.18 bits per heavy atom. The van der Waals surface area contributed by atoms with Crippen molar-refractivity contribution >= 4 is 0 Å². The molecule has 64 valence electrons. The third kappa shape index (κ3) is 1.44. The topological polar surface area (TPSA) is 26.0 Å². The van der Waals surface area contributed by atoms with E-state index in [1.807, 2.05) is 0 Å². The first-order chi connectivity index (χ1) is 5.02. The number of rotatable bonds is 0. The summed E-state index contributed by atoms with van der Waals surface area (Å²) in [5.74, 6) is 0. The summed E-state index contributed by atoms with van der Waals surface area (Å²) < 4.78 is 0. The lowest BCUT2D eigenvalue weighted by Gasteiger charge is -2.39. The van der Waals surface area contributed by atoms with Gasteiger partial charge < -0.3 is 5.73 Å². The minimum atomic E-state index is 0.487. The molecule has 0 heterocycles. The van der Waals surface area contributed by atoms with Crippen LogP contribution in [0.2, 0.25) is 0 Å². The fourth-order valence-corrected chi connectivity index (χ4v) is 3.06. The summed E-state index contributed by atoms with van der Waals surface area (Å²) in [5.41, 5.74) is 7.26. The standard InChI is InChI=1S/C10H19N/c1-9(2)5-8(11)6-10(7-9)3-4-10/h8H,3-7,11H2,1-2H3. The maximum atomic E-state index is 6.03. The van der Waals surface area contributed by atoms with Crippen LogP contribution in [0.25, 0.3) is 0 Å². The van der Waals surface area contributed by atoms with Crippen molar-refractivity contribution in [2.75, 3.05) is 0 Å². The van der Waals surface area contributed by atoms with Crippen LogP contribution in [0.15, 0.2) is 0 Å². The highest BCUT2D eigenvalue weighted by atomic mass is 14.7. The van der Waals surface area contributed by atoms with Crippen molar-refractivity contribution in [3.05, 3.63) is 0 Å². The molecule has 0 aromatic heterocycles. The fourth-order valence-electron chi connectivity index (χ4n) is 3.06. The third-order valence-corrected chi connectivity index (χ3v) is 3.32. The van der Waals surface area contributed by atoms with E-state index in [-0.39, 0.29) is 0 Å². The van der Waals surface area contributed by atoms with E-state index in [0.29, 0.717) is 16.9 Å². The number of nitrogens with two attached hydrogens (primary N) is 1. The summed E-state index contributed by atoms with van der Waals surface area (Å²) in [6, 6.07) is 0.487. The predicted molar refractivity (Wildman–Crippen MR) is 47.3 cm³/mol. The second-order valence-electron chi connectivity index (χ2n) is 5.51. The molecule has 2 aliphatic carbocycles.